The fourth-order valence-electron chi connectivity index (χ4n) is 2.61. The molecule has 3 heterocycles. The summed E-state index contributed by atoms with van der Waals surface area (Å²) in [5.74, 6) is 0.818. The molecule has 0 N–H and O–H groups in total. The van der Waals surface area contributed by atoms with E-state index in [0.717, 1.165) is 31.6 Å². The highest BCUT2D eigenvalue weighted by Gasteiger charge is 2.22. The number of fused-ring (bicyclic) bond motifs is 1. The van der Waals surface area contributed by atoms with Gasteiger partial charge in [-0.25, -0.2) is 4.98 Å². The lowest BCUT2D eigenvalue weighted by atomic mass is 10.1. The molecule has 0 aliphatic carbocycles. The Morgan fingerprint density at radius 3 is 2.55 bits per heavy atom. The van der Waals surface area contributed by atoms with Gasteiger partial charge in [0.05, 0.1) is 0 Å². The minimum atomic E-state index is -0.0370. The summed E-state index contributed by atoms with van der Waals surface area (Å²) in [6.45, 7) is 3.52. The van der Waals surface area contributed by atoms with Gasteiger partial charge in [0.1, 0.15) is 0 Å². The van der Waals surface area contributed by atoms with E-state index in [1.165, 1.54) is 19.3 Å². The lowest BCUT2D eigenvalue weighted by Crippen LogP contribution is -2.35. The molecule has 1 saturated heterocycles. The molecule has 3 rings (SSSR count). The molecule has 1 aliphatic rings. The predicted octanol–water partition coefficient (Wildman–Crippen LogP) is 1.84. The van der Waals surface area contributed by atoms with E-state index in [4.69, 9.17) is 0 Å². The van der Waals surface area contributed by atoms with E-state index in [0.29, 0.717) is 11.6 Å². The van der Waals surface area contributed by atoms with Crippen molar-refractivity contribution in [2.45, 2.75) is 39.0 Å². The third-order valence-electron chi connectivity index (χ3n) is 3.75. The number of carbonyl (C=O) groups is 1. The van der Waals surface area contributed by atoms with Gasteiger partial charge in [0.2, 0.25) is 5.82 Å². The number of carbonyl (C=O) groups excluding carboxylic acids is 1. The summed E-state index contributed by atoms with van der Waals surface area (Å²) in [6, 6.07) is 1.86. The van der Waals surface area contributed by atoms with Gasteiger partial charge in [0, 0.05) is 25.0 Å². The van der Waals surface area contributed by atoms with Crippen molar-refractivity contribution >= 4 is 11.7 Å². The Hall–Kier alpha value is -1.98. The minimum Gasteiger partial charge on any atom is -0.336 e. The largest absolute Gasteiger partial charge is 0.336 e. The van der Waals surface area contributed by atoms with Gasteiger partial charge in [0.15, 0.2) is 0 Å². The van der Waals surface area contributed by atoms with Crippen molar-refractivity contribution in [1.29, 1.82) is 0 Å². The van der Waals surface area contributed by atoms with Crippen molar-refractivity contribution in [2.24, 2.45) is 0 Å². The number of likely N-dealkylation sites (tertiary alicyclic amines) is 1. The van der Waals surface area contributed by atoms with Gasteiger partial charge >= 0.3 is 0 Å². The lowest BCUT2D eigenvalue weighted by molar-refractivity contribution is 0.0728. The van der Waals surface area contributed by atoms with Gasteiger partial charge in [-0.15, -0.1) is 10.2 Å². The Labute approximate surface area is 117 Å². The molecule has 0 bridgehead atoms. The van der Waals surface area contributed by atoms with Crippen LogP contribution in [0.1, 0.15) is 48.4 Å². The van der Waals surface area contributed by atoms with Crippen LogP contribution in [0.2, 0.25) is 0 Å². The number of nitrogens with zero attached hydrogens (tertiary/aromatic N) is 5. The first-order valence-corrected chi connectivity index (χ1v) is 7.23. The topological polar surface area (TPSA) is 63.4 Å². The second kappa shape index (κ2) is 5.56. The lowest BCUT2D eigenvalue weighted by Gasteiger charge is -2.23. The standard InChI is InChI=1S/C14H19N5O/c1-11-7-10-19-12(16-17-14(19)15-11)13(20)18-8-5-3-2-4-6-9-18/h7,10H,2-6,8-9H2,1H3. The molecule has 20 heavy (non-hydrogen) atoms. The molecule has 0 radical (unpaired) electrons. The first kappa shape index (κ1) is 13.0. The second-order valence-corrected chi connectivity index (χ2v) is 5.32. The van der Waals surface area contributed by atoms with Crippen LogP contribution in [-0.4, -0.2) is 43.5 Å². The molecule has 106 valence electrons. The van der Waals surface area contributed by atoms with Gasteiger partial charge in [-0.1, -0.05) is 19.3 Å². The highest BCUT2D eigenvalue weighted by molar-refractivity contribution is 5.91. The molecular formula is C14H19N5O. The molecule has 6 nitrogen and oxygen atoms in total. The van der Waals surface area contributed by atoms with E-state index in [2.05, 4.69) is 15.2 Å². The van der Waals surface area contributed by atoms with Crippen LogP contribution >= 0.6 is 0 Å². The maximum absolute atomic E-state index is 12.6. The summed E-state index contributed by atoms with van der Waals surface area (Å²) in [7, 11) is 0. The van der Waals surface area contributed by atoms with E-state index >= 15 is 0 Å². The average Bonchev–Trinajstić information content (AvgIpc) is 2.80. The third kappa shape index (κ3) is 2.50. The molecule has 0 unspecified atom stereocenters. The number of rotatable bonds is 1. The monoisotopic (exact) mass is 273 g/mol. The van der Waals surface area contributed by atoms with Gasteiger partial charge < -0.3 is 4.90 Å². The summed E-state index contributed by atoms with van der Waals surface area (Å²) in [5, 5.41) is 8.02. The van der Waals surface area contributed by atoms with Crippen LogP contribution in [0.3, 0.4) is 0 Å². The van der Waals surface area contributed by atoms with E-state index in [9.17, 15) is 4.79 Å². The quantitative estimate of drug-likeness (QED) is 0.795. The maximum Gasteiger partial charge on any atom is 0.292 e. The minimum absolute atomic E-state index is 0.0370. The molecule has 0 aromatic carbocycles. The van der Waals surface area contributed by atoms with Gasteiger partial charge in [-0.3, -0.25) is 9.20 Å². The summed E-state index contributed by atoms with van der Waals surface area (Å²) < 4.78 is 1.67. The fourth-order valence-corrected chi connectivity index (χ4v) is 2.61. The van der Waals surface area contributed by atoms with Gasteiger partial charge in [0.25, 0.3) is 11.7 Å². The van der Waals surface area contributed by atoms with Crippen molar-refractivity contribution in [3.05, 3.63) is 23.8 Å². The van der Waals surface area contributed by atoms with Crippen LogP contribution < -0.4 is 0 Å². The van der Waals surface area contributed by atoms with Crippen molar-refractivity contribution in [3.63, 3.8) is 0 Å². The second-order valence-electron chi connectivity index (χ2n) is 5.32. The molecule has 2 aromatic rings. The maximum atomic E-state index is 12.6. The van der Waals surface area contributed by atoms with E-state index in [-0.39, 0.29) is 5.91 Å². The van der Waals surface area contributed by atoms with Gasteiger partial charge in [-0.2, -0.15) is 0 Å². The fraction of sp³-hybridized carbons (Fsp3) is 0.571. The summed E-state index contributed by atoms with van der Waals surface area (Å²) in [5.41, 5.74) is 0.871. The first-order chi connectivity index (χ1) is 9.75. The summed E-state index contributed by atoms with van der Waals surface area (Å²) >= 11 is 0. The predicted molar refractivity (Wildman–Crippen MR) is 74.5 cm³/mol. The summed E-state index contributed by atoms with van der Waals surface area (Å²) in [6.07, 6.45) is 7.63. The van der Waals surface area contributed by atoms with Crippen LogP contribution in [0.25, 0.3) is 5.78 Å². The summed E-state index contributed by atoms with van der Waals surface area (Å²) in [4.78, 5) is 18.8. The molecular weight excluding hydrogens is 254 g/mol. The highest BCUT2D eigenvalue weighted by atomic mass is 16.2. The zero-order valence-electron chi connectivity index (χ0n) is 11.7. The molecule has 0 atom stereocenters. The molecule has 0 saturated carbocycles. The van der Waals surface area contributed by atoms with Crippen LogP contribution in [0.4, 0.5) is 0 Å². The Kier molecular flexibility index (Phi) is 3.62. The number of aryl methyl sites for hydroxylation is 1. The van der Waals surface area contributed by atoms with Crippen molar-refractivity contribution < 1.29 is 4.79 Å². The Balaban J connectivity index is 1.87. The number of amides is 1. The molecule has 6 heteroatoms. The van der Waals surface area contributed by atoms with Gasteiger partial charge in [-0.05, 0) is 25.8 Å². The molecule has 1 amide bonds. The molecule has 2 aromatic heterocycles. The van der Waals surface area contributed by atoms with Crippen LogP contribution in [-0.2, 0) is 0 Å². The smallest absolute Gasteiger partial charge is 0.292 e. The first-order valence-electron chi connectivity index (χ1n) is 7.23. The normalized spacial score (nSPS) is 16.9. The van der Waals surface area contributed by atoms with Crippen molar-refractivity contribution in [3.8, 4) is 0 Å². The zero-order valence-corrected chi connectivity index (χ0v) is 11.7. The van der Waals surface area contributed by atoms with Crippen molar-refractivity contribution in [2.75, 3.05) is 13.1 Å². The van der Waals surface area contributed by atoms with Crippen LogP contribution in [0.15, 0.2) is 12.3 Å². The third-order valence-corrected chi connectivity index (χ3v) is 3.75. The Morgan fingerprint density at radius 1 is 1.10 bits per heavy atom. The van der Waals surface area contributed by atoms with Crippen molar-refractivity contribution in [1.82, 2.24) is 24.5 Å². The number of aromatic nitrogens is 4. The SMILES string of the molecule is Cc1ccn2c(C(=O)N3CCCCCCC3)nnc2n1. The molecule has 1 fully saturated rings. The van der Waals surface area contributed by atoms with E-state index in [1.807, 2.05) is 24.1 Å². The number of hydrogen-bond acceptors (Lipinski definition) is 4. The Bertz CT molecular complexity index is 613. The average molecular weight is 273 g/mol. The molecule has 1 aliphatic heterocycles. The van der Waals surface area contributed by atoms with Crippen LogP contribution in [0, 0.1) is 6.92 Å². The number of hydrogen-bond donors (Lipinski definition) is 0. The van der Waals surface area contributed by atoms with E-state index < -0.39 is 0 Å². The van der Waals surface area contributed by atoms with Crippen LogP contribution in [0.5, 0.6) is 0 Å². The highest BCUT2D eigenvalue weighted by Crippen LogP contribution is 2.13. The van der Waals surface area contributed by atoms with E-state index in [1.54, 1.807) is 4.40 Å². The Morgan fingerprint density at radius 2 is 1.80 bits per heavy atom. The zero-order chi connectivity index (χ0) is 13.9. The molecule has 0 spiro atoms.